The molecule has 0 unspecified atom stereocenters. The normalized spacial score (nSPS) is 11.7. The van der Waals surface area contributed by atoms with E-state index in [4.69, 9.17) is 0 Å². The molecule has 0 saturated carbocycles. The number of amides is 2. The molecule has 0 saturated heterocycles. The summed E-state index contributed by atoms with van der Waals surface area (Å²) in [5.41, 5.74) is 0.231. The van der Waals surface area contributed by atoms with E-state index in [1.165, 1.54) is 0 Å². The molecule has 0 fully saturated rings. The Balaban J connectivity index is 2.23. The lowest BCUT2D eigenvalue weighted by molar-refractivity contribution is 0.0940. The van der Waals surface area contributed by atoms with E-state index in [0.29, 0.717) is 6.07 Å². The van der Waals surface area contributed by atoms with Gasteiger partial charge in [-0.2, -0.15) is 0 Å². The number of carbonyl (C=O) groups excluding carboxylic acids is 2. The van der Waals surface area contributed by atoms with E-state index in [1.807, 2.05) is 13.8 Å². The molecule has 4 nitrogen and oxygen atoms in total. The van der Waals surface area contributed by atoms with Crippen LogP contribution >= 0.6 is 0 Å². The highest BCUT2D eigenvalue weighted by atomic mass is 19.1. The van der Waals surface area contributed by atoms with Gasteiger partial charge >= 0.3 is 0 Å². The molecule has 0 bridgehead atoms. The van der Waals surface area contributed by atoms with Crippen LogP contribution in [-0.4, -0.2) is 17.9 Å². The van der Waals surface area contributed by atoms with Gasteiger partial charge in [0, 0.05) is 12.1 Å². The van der Waals surface area contributed by atoms with Gasteiger partial charge in [-0.25, -0.2) is 8.78 Å². The molecular weight excluding hydrogens is 314 g/mol. The Hall–Kier alpha value is -2.76. The van der Waals surface area contributed by atoms with Gasteiger partial charge in [-0.1, -0.05) is 19.1 Å². The molecule has 0 aromatic heterocycles. The zero-order valence-electron chi connectivity index (χ0n) is 13.4. The molecular formula is C18H18F2N2O2. The number of hydrogen-bond donors (Lipinski definition) is 2. The fraction of sp³-hybridized carbons (Fsp3) is 0.222. The fourth-order valence-electron chi connectivity index (χ4n) is 2.06. The van der Waals surface area contributed by atoms with Crippen molar-refractivity contribution in [2.45, 2.75) is 26.3 Å². The number of hydrogen-bond acceptors (Lipinski definition) is 2. The number of rotatable bonds is 5. The van der Waals surface area contributed by atoms with Gasteiger partial charge in [0.1, 0.15) is 11.6 Å². The van der Waals surface area contributed by atoms with Crippen molar-refractivity contribution in [3.8, 4) is 0 Å². The quantitative estimate of drug-likeness (QED) is 0.876. The molecule has 24 heavy (non-hydrogen) atoms. The number of nitrogens with one attached hydrogen (secondary N) is 2. The number of benzene rings is 2. The van der Waals surface area contributed by atoms with Gasteiger partial charge in [-0.3, -0.25) is 9.59 Å². The second kappa shape index (κ2) is 7.68. The first-order chi connectivity index (χ1) is 11.4. The van der Waals surface area contributed by atoms with Crippen LogP contribution in [0.15, 0.2) is 42.5 Å². The van der Waals surface area contributed by atoms with Crippen LogP contribution in [0.4, 0.5) is 14.5 Å². The van der Waals surface area contributed by atoms with Gasteiger partial charge in [0.2, 0.25) is 0 Å². The Bertz CT molecular complexity index is 762. The van der Waals surface area contributed by atoms with Crippen LogP contribution < -0.4 is 10.6 Å². The Morgan fingerprint density at radius 2 is 1.75 bits per heavy atom. The Kier molecular flexibility index (Phi) is 5.63. The standard InChI is InChI=1S/C18H18F2N2O2/c1-3-11(2)21-18(24)14-6-4-5-7-16(14)22-17(23)13-9-8-12(19)10-15(13)20/h4-11H,3H2,1-2H3,(H,21,24)(H,22,23)/t11-/m1/s1. The van der Waals surface area contributed by atoms with E-state index in [1.54, 1.807) is 24.3 Å². The summed E-state index contributed by atoms with van der Waals surface area (Å²) in [6.07, 6.45) is 0.765. The number of anilines is 1. The zero-order chi connectivity index (χ0) is 17.7. The SMILES string of the molecule is CC[C@@H](C)NC(=O)c1ccccc1NC(=O)c1ccc(F)cc1F. The van der Waals surface area contributed by atoms with Gasteiger partial charge in [0.15, 0.2) is 0 Å². The van der Waals surface area contributed by atoms with Crippen LogP contribution in [0.25, 0.3) is 0 Å². The van der Waals surface area contributed by atoms with Crippen molar-refractivity contribution in [3.63, 3.8) is 0 Å². The summed E-state index contributed by atoms with van der Waals surface area (Å²) in [6, 6.07) is 9.10. The maximum atomic E-state index is 13.7. The van der Waals surface area contributed by atoms with Crippen LogP contribution in [0.2, 0.25) is 0 Å². The highest BCUT2D eigenvalue weighted by Gasteiger charge is 2.17. The van der Waals surface area contributed by atoms with Crippen molar-refractivity contribution in [1.82, 2.24) is 5.32 Å². The molecule has 0 aliphatic rings. The minimum atomic E-state index is -0.964. The third-order valence-corrected chi connectivity index (χ3v) is 3.59. The first-order valence-electron chi connectivity index (χ1n) is 7.58. The maximum Gasteiger partial charge on any atom is 0.258 e. The minimum absolute atomic E-state index is 0.0178. The van der Waals surface area contributed by atoms with Crippen LogP contribution in [0.1, 0.15) is 41.0 Å². The molecule has 0 heterocycles. The van der Waals surface area contributed by atoms with Gasteiger partial charge in [0.25, 0.3) is 11.8 Å². The van der Waals surface area contributed by atoms with Crippen LogP contribution in [0.5, 0.6) is 0 Å². The molecule has 2 amide bonds. The van der Waals surface area contributed by atoms with E-state index >= 15 is 0 Å². The second-order valence-corrected chi connectivity index (χ2v) is 5.41. The molecule has 2 aromatic rings. The monoisotopic (exact) mass is 332 g/mol. The predicted octanol–water partition coefficient (Wildman–Crippen LogP) is 3.75. The summed E-state index contributed by atoms with van der Waals surface area (Å²) in [5.74, 6) is -2.82. The second-order valence-electron chi connectivity index (χ2n) is 5.41. The molecule has 0 radical (unpaired) electrons. The van der Waals surface area contributed by atoms with E-state index in [-0.39, 0.29) is 28.8 Å². The molecule has 2 aromatic carbocycles. The molecule has 0 aliphatic heterocycles. The summed E-state index contributed by atoms with van der Waals surface area (Å²) in [5, 5.41) is 5.30. The molecule has 0 aliphatic carbocycles. The first kappa shape index (κ1) is 17.6. The lowest BCUT2D eigenvalue weighted by Crippen LogP contribution is -2.32. The molecule has 1 atom stereocenters. The highest BCUT2D eigenvalue weighted by Crippen LogP contribution is 2.18. The molecule has 2 rings (SSSR count). The van der Waals surface area contributed by atoms with Crippen molar-refractivity contribution in [2.75, 3.05) is 5.32 Å². The summed E-state index contributed by atoms with van der Waals surface area (Å²) in [7, 11) is 0. The van der Waals surface area contributed by atoms with E-state index in [9.17, 15) is 18.4 Å². The summed E-state index contributed by atoms with van der Waals surface area (Å²) in [4.78, 5) is 24.5. The van der Waals surface area contributed by atoms with Crippen molar-refractivity contribution in [2.24, 2.45) is 0 Å². The molecule has 0 spiro atoms. The maximum absolute atomic E-state index is 13.7. The molecule has 2 N–H and O–H groups in total. The average molecular weight is 332 g/mol. The predicted molar refractivity (Wildman–Crippen MR) is 88.0 cm³/mol. The van der Waals surface area contributed by atoms with E-state index in [2.05, 4.69) is 10.6 Å². The van der Waals surface area contributed by atoms with Crippen molar-refractivity contribution >= 4 is 17.5 Å². The first-order valence-corrected chi connectivity index (χ1v) is 7.58. The number of halogens is 2. The van der Waals surface area contributed by atoms with Gasteiger partial charge in [0.05, 0.1) is 16.8 Å². The lowest BCUT2D eigenvalue weighted by Gasteiger charge is -2.14. The van der Waals surface area contributed by atoms with E-state index in [0.717, 1.165) is 18.6 Å². The van der Waals surface area contributed by atoms with Crippen LogP contribution in [0, 0.1) is 11.6 Å². The Labute approximate surface area is 138 Å². The fourth-order valence-corrected chi connectivity index (χ4v) is 2.06. The van der Waals surface area contributed by atoms with Gasteiger partial charge in [-0.15, -0.1) is 0 Å². The Morgan fingerprint density at radius 3 is 2.42 bits per heavy atom. The van der Waals surface area contributed by atoms with Crippen molar-refractivity contribution < 1.29 is 18.4 Å². The summed E-state index contributed by atoms with van der Waals surface area (Å²) < 4.78 is 26.6. The minimum Gasteiger partial charge on any atom is -0.350 e. The lowest BCUT2D eigenvalue weighted by atomic mass is 10.1. The van der Waals surface area contributed by atoms with Crippen molar-refractivity contribution in [3.05, 3.63) is 65.2 Å². The number of carbonyl (C=O) groups is 2. The smallest absolute Gasteiger partial charge is 0.258 e. The van der Waals surface area contributed by atoms with Gasteiger partial charge < -0.3 is 10.6 Å². The van der Waals surface area contributed by atoms with Crippen LogP contribution in [0.3, 0.4) is 0 Å². The summed E-state index contributed by atoms with van der Waals surface area (Å²) in [6.45, 7) is 3.81. The third kappa shape index (κ3) is 4.16. The summed E-state index contributed by atoms with van der Waals surface area (Å²) >= 11 is 0. The number of para-hydroxylation sites is 1. The van der Waals surface area contributed by atoms with Crippen molar-refractivity contribution in [1.29, 1.82) is 0 Å². The Morgan fingerprint density at radius 1 is 1.04 bits per heavy atom. The average Bonchev–Trinajstić information content (AvgIpc) is 2.54. The zero-order valence-corrected chi connectivity index (χ0v) is 13.4. The molecule has 126 valence electrons. The molecule has 6 heteroatoms. The largest absolute Gasteiger partial charge is 0.350 e. The topological polar surface area (TPSA) is 58.2 Å². The van der Waals surface area contributed by atoms with E-state index < -0.39 is 17.5 Å². The third-order valence-electron chi connectivity index (χ3n) is 3.59. The van der Waals surface area contributed by atoms with Gasteiger partial charge in [-0.05, 0) is 37.6 Å². The van der Waals surface area contributed by atoms with Crippen LogP contribution in [-0.2, 0) is 0 Å². The highest BCUT2D eigenvalue weighted by molar-refractivity contribution is 6.09.